The van der Waals surface area contributed by atoms with Crippen molar-refractivity contribution < 1.29 is 27.8 Å². The SMILES string of the molecule is N#CCCCCOc1ccc(C(F)(F)Oc2ccc(/C=C/C(=O)OCCc3ccc(N)cc3N)cc2)cc1. The van der Waals surface area contributed by atoms with Crippen molar-refractivity contribution in [2.45, 2.75) is 31.8 Å². The third-order valence-corrected chi connectivity index (χ3v) is 5.47. The summed E-state index contributed by atoms with van der Waals surface area (Å²) in [5, 5.41) is 8.52. The zero-order chi connectivity index (χ0) is 27.4. The Morgan fingerprint density at radius 2 is 1.66 bits per heavy atom. The van der Waals surface area contributed by atoms with E-state index in [-0.39, 0.29) is 17.9 Å². The highest BCUT2D eigenvalue weighted by molar-refractivity contribution is 5.87. The highest BCUT2D eigenvalue weighted by atomic mass is 19.3. The number of anilines is 2. The van der Waals surface area contributed by atoms with Gasteiger partial charge in [-0.1, -0.05) is 18.2 Å². The van der Waals surface area contributed by atoms with Gasteiger partial charge in [0.05, 0.1) is 24.8 Å². The average molecular weight is 522 g/mol. The Morgan fingerprint density at radius 1 is 0.947 bits per heavy atom. The Bertz CT molecular complexity index is 1270. The largest absolute Gasteiger partial charge is 0.494 e. The summed E-state index contributed by atoms with van der Waals surface area (Å²) < 4.78 is 44.8. The molecule has 0 atom stereocenters. The lowest BCUT2D eigenvalue weighted by Crippen LogP contribution is -2.21. The Kier molecular flexibility index (Phi) is 10.1. The summed E-state index contributed by atoms with van der Waals surface area (Å²) in [6.45, 7) is 0.555. The third kappa shape index (κ3) is 8.82. The molecule has 0 aliphatic carbocycles. The number of hydrogen-bond acceptors (Lipinski definition) is 7. The van der Waals surface area contributed by atoms with Gasteiger partial charge < -0.3 is 25.7 Å². The van der Waals surface area contributed by atoms with Crippen LogP contribution in [0.25, 0.3) is 6.08 Å². The summed E-state index contributed by atoms with van der Waals surface area (Å²) in [4.78, 5) is 12.0. The normalized spacial score (nSPS) is 11.2. The quantitative estimate of drug-likeness (QED) is 0.125. The molecule has 9 heteroatoms. The zero-order valence-electron chi connectivity index (χ0n) is 20.7. The first-order valence-corrected chi connectivity index (χ1v) is 12.0. The lowest BCUT2D eigenvalue weighted by atomic mass is 10.1. The fourth-order valence-electron chi connectivity index (χ4n) is 3.41. The van der Waals surface area contributed by atoms with Crippen LogP contribution < -0.4 is 20.9 Å². The van der Waals surface area contributed by atoms with Crippen LogP contribution in [0.1, 0.15) is 36.0 Å². The molecule has 38 heavy (non-hydrogen) atoms. The van der Waals surface area contributed by atoms with Crippen molar-refractivity contribution in [1.82, 2.24) is 0 Å². The molecular weight excluding hydrogens is 492 g/mol. The van der Waals surface area contributed by atoms with Crippen molar-refractivity contribution in [3.8, 4) is 17.6 Å². The first kappa shape index (κ1) is 28.0. The highest BCUT2D eigenvalue weighted by Gasteiger charge is 2.34. The fraction of sp³-hybridized carbons (Fsp3) is 0.241. The molecule has 3 rings (SSSR count). The van der Waals surface area contributed by atoms with Crippen molar-refractivity contribution >= 4 is 23.4 Å². The van der Waals surface area contributed by atoms with Crippen molar-refractivity contribution in [2.75, 3.05) is 24.7 Å². The monoisotopic (exact) mass is 521 g/mol. The third-order valence-electron chi connectivity index (χ3n) is 5.47. The van der Waals surface area contributed by atoms with Crippen LogP contribution in [0.2, 0.25) is 0 Å². The number of alkyl halides is 2. The molecule has 3 aromatic carbocycles. The summed E-state index contributed by atoms with van der Waals surface area (Å²) in [6, 6.07) is 18.5. The van der Waals surface area contributed by atoms with Gasteiger partial charge in [-0.3, -0.25) is 0 Å². The van der Waals surface area contributed by atoms with Gasteiger partial charge in [-0.15, -0.1) is 0 Å². The maximum absolute atomic E-state index is 14.6. The van der Waals surface area contributed by atoms with E-state index in [2.05, 4.69) is 6.07 Å². The minimum absolute atomic E-state index is 0.0337. The Morgan fingerprint density at radius 3 is 2.34 bits per heavy atom. The van der Waals surface area contributed by atoms with Crippen LogP contribution in [0.15, 0.2) is 72.8 Å². The van der Waals surface area contributed by atoms with Gasteiger partial charge in [0.2, 0.25) is 0 Å². The van der Waals surface area contributed by atoms with Gasteiger partial charge >= 0.3 is 12.1 Å². The van der Waals surface area contributed by atoms with Gasteiger partial charge in [0.25, 0.3) is 0 Å². The van der Waals surface area contributed by atoms with E-state index in [9.17, 15) is 13.6 Å². The van der Waals surface area contributed by atoms with E-state index >= 15 is 0 Å². The second-order valence-electron chi connectivity index (χ2n) is 8.39. The number of benzene rings is 3. The molecule has 4 N–H and O–H groups in total. The first-order valence-electron chi connectivity index (χ1n) is 12.0. The standard InChI is InChI=1S/C29H29F2N3O4/c30-29(31,23-8-13-25(14-9-23)36-18-3-1-2-17-32)38-26-11-4-21(5-12-26)6-15-28(35)37-19-16-22-7-10-24(33)20-27(22)34/h4-15,20H,1-3,16,18-19,33-34H2/b15-6+. The first-order chi connectivity index (χ1) is 18.3. The maximum Gasteiger partial charge on any atom is 0.426 e. The molecule has 7 nitrogen and oxygen atoms in total. The van der Waals surface area contributed by atoms with Gasteiger partial charge in [-0.2, -0.15) is 14.0 Å². The van der Waals surface area contributed by atoms with Gasteiger partial charge in [0, 0.05) is 30.3 Å². The number of rotatable bonds is 13. The van der Waals surface area contributed by atoms with E-state index in [4.69, 9.17) is 30.9 Å². The molecule has 198 valence electrons. The van der Waals surface area contributed by atoms with Crippen LogP contribution in [0.4, 0.5) is 20.2 Å². The number of ether oxygens (including phenoxy) is 3. The topological polar surface area (TPSA) is 121 Å². The number of esters is 1. The number of carbonyl (C=O) groups excluding carboxylic acids is 1. The number of carbonyl (C=O) groups is 1. The predicted octanol–water partition coefficient (Wildman–Crippen LogP) is 5.85. The molecule has 0 saturated carbocycles. The van der Waals surface area contributed by atoms with Gasteiger partial charge in [0.1, 0.15) is 11.5 Å². The Hall–Kier alpha value is -4.58. The van der Waals surface area contributed by atoms with Crippen LogP contribution in [0, 0.1) is 11.3 Å². The smallest absolute Gasteiger partial charge is 0.426 e. The van der Waals surface area contributed by atoms with Crippen LogP contribution in [-0.2, 0) is 22.1 Å². The van der Waals surface area contributed by atoms with E-state index in [1.165, 1.54) is 48.6 Å². The number of nitrogen functional groups attached to an aromatic ring is 2. The van der Waals surface area contributed by atoms with E-state index in [0.29, 0.717) is 48.6 Å². The van der Waals surface area contributed by atoms with Crippen LogP contribution in [-0.4, -0.2) is 19.2 Å². The summed E-state index contributed by atoms with van der Waals surface area (Å²) in [7, 11) is 0. The molecule has 0 spiro atoms. The molecule has 0 saturated heterocycles. The van der Waals surface area contributed by atoms with E-state index in [0.717, 1.165) is 12.0 Å². The Labute approximate surface area is 220 Å². The lowest BCUT2D eigenvalue weighted by Gasteiger charge is -2.18. The lowest BCUT2D eigenvalue weighted by molar-refractivity contribution is -0.185. The second-order valence-corrected chi connectivity index (χ2v) is 8.39. The summed E-state index contributed by atoms with van der Waals surface area (Å²) in [5.41, 5.74) is 13.8. The molecule has 0 radical (unpaired) electrons. The maximum atomic E-state index is 14.6. The number of nitrogens with two attached hydrogens (primary N) is 2. The number of nitrogens with zero attached hydrogens (tertiary/aromatic N) is 1. The van der Waals surface area contributed by atoms with Crippen LogP contribution in [0.3, 0.4) is 0 Å². The van der Waals surface area contributed by atoms with Gasteiger partial charge in [0.15, 0.2) is 0 Å². The van der Waals surface area contributed by atoms with E-state index in [1.54, 1.807) is 30.3 Å². The minimum atomic E-state index is -3.56. The summed E-state index contributed by atoms with van der Waals surface area (Å²) >= 11 is 0. The van der Waals surface area contributed by atoms with E-state index < -0.39 is 12.1 Å². The van der Waals surface area contributed by atoms with Crippen molar-refractivity contribution in [3.05, 3.63) is 89.5 Å². The Balaban J connectivity index is 1.46. The molecule has 0 aliphatic heterocycles. The molecule has 0 bridgehead atoms. The van der Waals surface area contributed by atoms with Crippen molar-refractivity contribution in [3.63, 3.8) is 0 Å². The van der Waals surface area contributed by atoms with Gasteiger partial charge in [-0.25, -0.2) is 4.79 Å². The fourth-order valence-corrected chi connectivity index (χ4v) is 3.41. The van der Waals surface area contributed by atoms with Crippen molar-refractivity contribution in [1.29, 1.82) is 5.26 Å². The average Bonchev–Trinajstić information content (AvgIpc) is 2.89. The number of hydrogen-bond donors (Lipinski definition) is 2. The molecule has 0 aliphatic rings. The number of unbranched alkanes of at least 4 members (excludes halogenated alkanes) is 2. The second kappa shape index (κ2) is 13.7. The molecule has 0 fully saturated rings. The van der Waals surface area contributed by atoms with Crippen LogP contribution in [0.5, 0.6) is 11.5 Å². The highest BCUT2D eigenvalue weighted by Crippen LogP contribution is 2.32. The molecular formula is C29H29F2N3O4. The van der Waals surface area contributed by atoms with Gasteiger partial charge in [-0.05, 0) is 78.6 Å². The number of halogens is 2. The van der Waals surface area contributed by atoms with Crippen LogP contribution >= 0.6 is 0 Å². The molecule has 0 aromatic heterocycles. The summed E-state index contributed by atoms with van der Waals surface area (Å²) in [5.74, 6) is -0.111. The van der Waals surface area contributed by atoms with Crippen molar-refractivity contribution in [2.24, 2.45) is 0 Å². The molecule has 0 heterocycles. The number of nitriles is 1. The zero-order valence-corrected chi connectivity index (χ0v) is 20.7. The summed E-state index contributed by atoms with van der Waals surface area (Å²) in [6.07, 6.45) is 1.55. The molecule has 3 aromatic rings. The molecule has 0 unspecified atom stereocenters. The predicted molar refractivity (Wildman–Crippen MR) is 141 cm³/mol. The minimum Gasteiger partial charge on any atom is -0.494 e. The van der Waals surface area contributed by atoms with E-state index in [1.807, 2.05) is 0 Å². The molecule has 0 amide bonds.